The van der Waals surface area contributed by atoms with Crippen LogP contribution in [0, 0.1) is 6.92 Å². The number of aromatic hydroxyl groups is 1. The van der Waals surface area contributed by atoms with Crippen molar-refractivity contribution in [1.82, 2.24) is 4.31 Å². The van der Waals surface area contributed by atoms with Gasteiger partial charge in [-0.2, -0.15) is 4.31 Å². The highest BCUT2D eigenvalue weighted by atomic mass is 32.2. The fourth-order valence-electron chi connectivity index (χ4n) is 2.27. The van der Waals surface area contributed by atoms with Crippen LogP contribution in [0.4, 0.5) is 0 Å². The first-order valence-electron chi connectivity index (χ1n) is 6.79. The van der Waals surface area contributed by atoms with Crippen LogP contribution < -0.4 is 0 Å². The van der Waals surface area contributed by atoms with Gasteiger partial charge >= 0.3 is 11.9 Å². The molecule has 0 spiro atoms. The summed E-state index contributed by atoms with van der Waals surface area (Å²) in [7, 11) is -4.32. The Hall–Kier alpha value is -2.65. The molecular weight excluding hydrogens is 338 g/mol. The maximum absolute atomic E-state index is 12.6. The number of rotatable bonds is 6. The van der Waals surface area contributed by atoms with E-state index in [1.165, 1.54) is 24.3 Å². The number of carbonyl (C=O) groups is 2. The van der Waals surface area contributed by atoms with E-state index in [1.807, 2.05) is 0 Å². The van der Waals surface area contributed by atoms with Gasteiger partial charge in [-0.1, -0.05) is 12.1 Å². The number of aryl methyl sites for hydroxylation is 1. The first-order valence-corrected chi connectivity index (χ1v) is 8.23. The molecule has 24 heavy (non-hydrogen) atoms. The number of carboxylic acids is 2. The smallest absolute Gasteiger partial charge is 0.318 e. The second kappa shape index (κ2) is 6.46. The topological polar surface area (TPSA) is 132 Å². The highest BCUT2D eigenvalue weighted by molar-refractivity contribution is 7.89. The van der Waals surface area contributed by atoms with Crippen molar-refractivity contribution in [3.8, 4) is 5.75 Å². The zero-order valence-corrected chi connectivity index (χ0v) is 13.4. The van der Waals surface area contributed by atoms with Gasteiger partial charge < -0.3 is 15.3 Å². The van der Waals surface area contributed by atoms with E-state index in [1.54, 1.807) is 13.0 Å². The summed E-state index contributed by atoms with van der Waals surface area (Å²) >= 11 is 0. The summed E-state index contributed by atoms with van der Waals surface area (Å²) in [6.07, 6.45) is 0. The molecule has 0 aliphatic heterocycles. The molecule has 0 fully saturated rings. The van der Waals surface area contributed by atoms with Gasteiger partial charge in [0.25, 0.3) is 0 Å². The van der Waals surface area contributed by atoms with Crippen molar-refractivity contribution in [3.05, 3.63) is 35.9 Å². The third kappa shape index (κ3) is 3.47. The Morgan fingerprint density at radius 2 is 1.58 bits per heavy atom. The van der Waals surface area contributed by atoms with Gasteiger partial charge in [-0.3, -0.25) is 9.59 Å². The van der Waals surface area contributed by atoms with Crippen molar-refractivity contribution < 1.29 is 33.3 Å². The van der Waals surface area contributed by atoms with Crippen molar-refractivity contribution in [2.24, 2.45) is 0 Å². The largest absolute Gasteiger partial charge is 0.508 e. The van der Waals surface area contributed by atoms with Gasteiger partial charge in [0.05, 0.1) is 4.90 Å². The van der Waals surface area contributed by atoms with Gasteiger partial charge in [0.1, 0.15) is 18.8 Å². The first kappa shape index (κ1) is 17.7. The number of sulfonamides is 1. The molecule has 8 nitrogen and oxygen atoms in total. The number of hydrogen-bond acceptors (Lipinski definition) is 5. The standard InChI is InChI=1S/C15H15NO7S/c1-9-12-6-11(4-2-10(12)3-5-13(9)17)24(22,23)16(7-14(18)19)8-15(20)21/h2-6,17H,7-8H2,1H3,(H,18,19)(H,20,21). The minimum absolute atomic E-state index is 0.00928. The number of carboxylic acid groups (broad SMARTS) is 2. The molecule has 9 heteroatoms. The number of benzene rings is 2. The van der Waals surface area contributed by atoms with E-state index in [9.17, 15) is 23.1 Å². The molecule has 0 aliphatic carbocycles. The summed E-state index contributed by atoms with van der Waals surface area (Å²) in [6, 6.07) is 7.16. The summed E-state index contributed by atoms with van der Waals surface area (Å²) in [5, 5.41) is 28.6. The average Bonchev–Trinajstić information content (AvgIpc) is 2.49. The number of phenols is 1. The maximum Gasteiger partial charge on any atom is 0.318 e. The van der Waals surface area contributed by atoms with Gasteiger partial charge in [0.15, 0.2) is 0 Å². The monoisotopic (exact) mass is 353 g/mol. The molecule has 0 radical (unpaired) electrons. The van der Waals surface area contributed by atoms with E-state index in [0.717, 1.165) is 0 Å². The zero-order chi connectivity index (χ0) is 18.1. The van der Waals surface area contributed by atoms with E-state index < -0.39 is 35.1 Å². The predicted molar refractivity (Wildman–Crippen MR) is 84.4 cm³/mol. The lowest BCUT2D eigenvalue weighted by atomic mass is 10.1. The Morgan fingerprint density at radius 1 is 1.04 bits per heavy atom. The van der Waals surface area contributed by atoms with Crippen LogP contribution in [0.2, 0.25) is 0 Å². The Bertz CT molecular complexity index is 905. The third-order valence-electron chi connectivity index (χ3n) is 3.49. The molecule has 0 bridgehead atoms. The molecule has 0 unspecified atom stereocenters. The molecule has 2 aromatic rings. The molecule has 0 amide bonds. The molecule has 0 saturated carbocycles. The normalized spacial score (nSPS) is 11.8. The van der Waals surface area contributed by atoms with Crippen LogP contribution in [0.25, 0.3) is 10.8 Å². The Labute approximate surface area is 137 Å². The number of hydrogen-bond donors (Lipinski definition) is 3. The Morgan fingerprint density at radius 3 is 2.12 bits per heavy atom. The molecule has 128 valence electrons. The summed E-state index contributed by atoms with van der Waals surface area (Å²) in [5.74, 6) is -2.94. The van der Waals surface area contributed by atoms with Crippen LogP contribution >= 0.6 is 0 Å². The molecule has 0 atom stereocenters. The van der Waals surface area contributed by atoms with Crippen LogP contribution in [-0.4, -0.2) is 53.1 Å². The Kier molecular flexibility index (Phi) is 4.76. The van der Waals surface area contributed by atoms with Crippen molar-refractivity contribution >= 4 is 32.7 Å². The Balaban J connectivity index is 2.58. The lowest BCUT2D eigenvalue weighted by molar-refractivity contribution is -0.139. The number of phenolic OH excluding ortho intramolecular Hbond substituents is 1. The third-order valence-corrected chi connectivity index (χ3v) is 5.28. The molecule has 0 aliphatic rings. The molecule has 0 saturated heterocycles. The summed E-state index contributed by atoms with van der Waals surface area (Å²) in [4.78, 5) is 21.5. The van der Waals surface area contributed by atoms with Crippen molar-refractivity contribution in [3.63, 3.8) is 0 Å². The SMILES string of the molecule is Cc1c(O)ccc2ccc(S(=O)(=O)N(CC(=O)O)CC(=O)O)cc12. The quantitative estimate of drug-likeness (QED) is 0.706. The van der Waals surface area contributed by atoms with Crippen LogP contribution in [0.5, 0.6) is 5.75 Å². The van der Waals surface area contributed by atoms with E-state index in [-0.39, 0.29) is 10.6 Å². The molecule has 2 rings (SSSR count). The second-order valence-corrected chi connectivity index (χ2v) is 7.09. The van der Waals surface area contributed by atoms with E-state index in [2.05, 4.69) is 0 Å². The van der Waals surface area contributed by atoms with Gasteiger partial charge in [-0.05, 0) is 41.5 Å². The minimum atomic E-state index is -4.32. The van der Waals surface area contributed by atoms with Crippen molar-refractivity contribution in [1.29, 1.82) is 0 Å². The minimum Gasteiger partial charge on any atom is -0.508 e. The summed E-state index contributed by atoms with van der Waals surface area (Å²) in [6.45, 7) is -0.322. The zero-order valence-electron chi connectivity index (χ0n) is 12.6. The number of aliphatic carboxylic acids is 2. The van der Waals surface area contributed by atoms with Gasteiger partial charge in [-0.25, -0.2) is 8.42 Å². The fourth-order valence-corrected chi connectivity index (χ4v) is 3.64. The van der Waals surface area contributed by atoms with Crippen molar-refractivity contribution in [2.75, 3.05) is 13.1 Å². The first-order chi connectivity index (χ1) is 11.1. The lowest BCUT2D eigenvalue weighted by Gasteiger charge is -2.19. The van der Waals surface area contributed by atoms with Crippen LogP contribution in [0.1, 0.15) is 5.56 Å². The van der Waals surface area contributed by atoms with Gasteiger partial charge in [0, 0.05) is 0 Å². The van der Waals surface area contributed by atoms with E-state index in [4.69, 9.17) is 10.2 Å². The number of nitrogens with zero attached hydrogens (tertiary/aromatic N) is 1. The molecule has 2 aromatic carbocycles. The molecule has 0 aromatic heterocycles. The summed E-state index contributed by atoms with van der Waals surface area (Å²) in [5.41, 5.74) is 0.465. The van der Waals surface area contributed by atoms with Crippen molar-refractivity contribution in [2.45, 2.75) is 11.8 Å². The highest BCUT2D eigenvalue weighted by Gasteiger charge is 2.29. The molecular formula is C15H15NO7S. The van der Waals surface area contributed by atoms with Crippen LogP contribution in [0.3, 0.4) is 0 Å². The van der Waals surface area contributed by atoms with Crippen LogP contribution in [0.15, 0.2) is 35.2 Å². The molecule has 0 heterocycles. The lowest BCUT2D eigenvalue weighted by Crippen LogP contribution is -2.39. The fraction of sp³-hybridized carbons (Fsp3) is 0.200. The van der Waals surface area contributed by atoms with E-state index in [0.29, 0.717) is 20.6 Å². The summed E-state index contributed by atoms with van der Waals surface area (Å²) < 4.78 is 25.5. The predicted octanol–water partition coefficient (Wildman–Crippen LogP) is 1.01. The van der Waals surface area contributed by atoms with Crippen LogP contribution in [-0.2, 0) is 19.6 Å². The highest BCUT2D eigenvalue weighted by Crippen LogP contribution is 2.29. The van der Waals surface area contributed by atoms with Gasteiger partial charge in [0.2, 0.25) is 10.0 Å². The van der Waals surface area contributed by atoms with E-state index >= 15 is 0 Å². The maximum atomic E-state index is 12.6. The number of fused-ring (bicyclic) bond motifs is 1. The average molecular weight is 353 g/mol. The van der Waals surface area contributed by atoms with Gasteiger partial charge in [-0.15, -0.1) is 0 Å². The second-order valence-electron chi connectivity index (χ2n) is 5.15. The molecule has 3 N–H and O–H groups in total.